The van der Waals surface area contributed by atoms with Crippen LogP contribution in [-0.4, -0.2) is 22.7 Å². The third-order valence-corrected chi connectivity index (χ3v) is 2.94. The summed E-state index contributed by atoms with van der Waals surface area (Å²) in [6.45, 7) is 2.14. The number of nitrogens with zero attached hydrogens (tertiary/aromatic N) is 1. The molecule has 1 unspecified atom stereocenters. The number of aliphatic hydroxyl groups excluding tert-OH is 1. The number of aromatic nitrogens is 1. The summed E-state index contributed by atoms with van der Waals surface area (Å²) in [7, 11) is 0. The topological polar surface area (TPSA) is 45.1 Å². The summed E-state index contributed by atoms with van der Waals surface area (Å²) >= 11 is 6.69. The lowest BCUT2D eigenvalue weighted by Crippen LogP contribution is -2.22. The Kier molecular flexibility index (Phi) is 4.84. The van der Waals surface area contributed by atoms with Crippen molar-refractivity contribution in [2.24, 2.45) is 0 Å². The van der Waals surface area contributed by atoms with Crippen LogP contribution < -0.4 is 5.32 Å². The number of halogens is 2. The van der Waals surface area contributed by atoms with E-state index in [1.807, 2.05) is 13.0 Å². The van der Waals surface area contributed by atoms with Gasteiger partial charge in [0.25, 0.3) is 0 Å². The molecule has 0 radical (unpaired) electrons. The normalized spacial score (nSPS) is 12.6. The summed E-state index contributed by atoms with van der Waals surface area (Å²) < 4.78 is 1.67. The number of hydrogen-bond donors (Lipinski definition) is 2. The van der Waals surface area contributed by atoms with E-state index in [9.17, 15) is 0 Å². The van der Waals surface area contributed by atoms with Crippen molar-refractivity contribution in [2.75, 3.05) is 11.9 Å². The molecule has 78 valence electrons. The highest BCUT2D eigenvalue weighted by molar-refractivity contribution is 9.11. The lowest BCUT2D eigenvalue weighted by molar-refractivity contribution is 0.272. The largest absolute Gasteiger partial charge is 0.394 e. The Labute approximate surface area is 100 Å². The van der Waals surface area contributed by atoms with E-state index in [0.717, 1.165) is 21.2 Å². The van der Waals surface area contributed by atoms with Gasteiger partial charge in [0.15, 0.2) is 0 Å². The molecule has 14 heavy (non-hydrogen) atoms. The van der Waals surface area contributed by atoms with Gasteiger partial charge in [-0.1, -0.05) is 6.92 Å². The van der Waals surface area contributed by atoms with Crippen molar-refractivity contribution in [3.8, 4) is 0 Å². The molecule has 0 aliphatic carbocycles. The minimum Gasteiger partial charge on any atom is -0.394 e. The first-order valence-electron chi connectivity index (χ1n) is 4.35. The molecule has 0 aliphatic rings. The Morgan fingerprint density at radius 1 is 1.57 bits per heavy atom. The van der Waals surface area contributed by atoms with Crippen LogP contribution in [0.1, 0.15) is 13.3 Å². The zero-order valence-corrected chi connectivity index (χ0v) is 11.0. The molecule has 0 spiro atoms. The second kappa shape index (κ2) is 5.68. The van der Waals surface area contributed by atoms with Gasteiger partial charge in [-0.3, -0.25) is 0 Å². The summed E-state index contributed by atoms with van der Waals surface area (Å²) in [5.41, 5.74) is 0.889. The molecule has 0 bridgehead atoms. The zero-order valence-electron chi connectivity index (χ0n) is 7.80. The molecular weight excluding hydrogens is 312 g/mol. The summed E-state index contributed by atoms with van der Waals surface area (Å²) in [6.07, 6.45) is 2.59. The summed E-state index contributed by atoms with van der Waals surface area (Å²) in [6, 6.07) is 2.00. The maximum Gasteiger partial charge on any atom is 0.129 e. The van der Waals surface area contributed by atoms with Crippen molar-refractivity contribution in [1.29, 1.82) is 0 Å². The monoisotopic (exact) mass is 322 g/mol. The molecule has 0 saturated heterocycles. The second-order valence-electron chi connectivity index (χ2n) is 2.92. The predicted molar refractivity (Wildman–Crippen MR) is 64.4 cm³/mol. The molecule has 1 atom stereocenters. The van der Waals surface area contributed by atoms with Crippen LogP contribution in [0.3, 0.4) is 0 Å². The van der Waals surface area contributed by atoms with Gasteiger partial charge in [-0.15, -0.1) is 0 Å². The molecule has 1 heterocycles. The Morgan fingerprint density at radius 2 is 2.29 bits per heavy atom. The molecule has 0 aliphatic heterocycles. The van der Waals surface area contributed by atoms with Crippen LogP contribution in [0.4, 0.5) is 5.69 Å². The lowest BCUT2D eigenvalue weighted by Gasteiger charge is -2.16. The highest BCUT2D eigenvalue weighted by Gasteiger charge is 2.07. The standard InChI is InChI=1S/C9H12Br2N2O/c1-2-7(5-14)13-8-3-6(10)4-12-9(8)11/h3-4,7,13-14H,2,5H2,1H3. The first kappa shape index (κ1) is 11.9. The molecule has 2 N–H and O–H groups in total. The molecule has 1 rings (SSSR count). The molecule has 0 amide bonds. The van der Waals surface area contributed by atoms with E-state index in [1.54, 1.807) is 6.20 Å². The molecule has 0 saturated carbocycles. The molecule has 3 nitrogen and oxygen atoms in total. The van der Waals surface area contributed by atoms with E-state index >= 15 is 0 Å². The van der Waals surface area contributed by atoms with Gasteiger partial charge in [0.05, 0.1) is 12.3 Å². The smallest absolute Gasteiger partial charge is 0.129 e. The number of nitrogens with one attached hydrogen (secondary N) is 1. The van der Waals surface area contributed by atoms with E-state index in [4.69, 9.17) is 5.11 Å². The van der Waals surface area contributed by atoms with Crippen LogP contribution in [0.15, 0.2) is 21.3 Å². The summed E-state index contributed by atoms with van der Waals surface area (Å²) in [5, 5.41) is 12.2. The van der Waals surface area contributed by atoms with Crippen LogP contribution in [0.25, 0.3) is 0 Å². The van der Waals surface area contributed by atoms with E-state index < -0.39 is 0 Å². The van der Waals surface area contributed by atoms with Gasteiger partial charge >= 0.3 is 0 Å². The summed E-state index contributed by atoms with van der Waals surface area (Å²) in [4.78, 5) is 4.13. The van der Waals surface area contributed by atoms with Gasteiger partial charge in [-0.05, 0) is 44.3 Å². The highest BCUT2D eigenvalue weighted by Crippen LogP contribution is 2.24. The SMILES string of the molecule is CCC(CO)Nc1cc(Br)cnc1Br. The van der Waals surface area contributed by atoms with E-state index in [2.05, 4.69) is 42.2 Å². The zero-order chi connectivity index (χ0) is 10.6. The fourth-order valence-corrected chi connectivity index (χ4v) is 1.68. The minimum absolute atomic E-state index is 0.0717. The van der Waals surface area contributed by atoms with Gasteiger partial charge in [0, 0.05) is 16.7 Å². The maximum absolute atomic E-state index is 9.04. The van der Waals surface area contributed by atoms with E-state index in [-0.39, 0.29) is 12.6 Å². The fraction of sp³-hybridized carbons (Fsp3) is 0.444. The lowest BCUT2D eigenvalue weighted by atomic mass is 10.2. The maximum atomic E-state index is 9.04. The van der Waals surface area contributed by atoms with Gasteiger partial charge in [0.1, 0.15) is 4.60 Å². The predicted octanol–water partition coefficient (Wildman–Crippen LogP) is 2.79. The Bertz CT molecular complexity index is 303. The average Bonchev–Trinajstić information content (AvgIpc) is 2.19. The molecule has 1 aromatic heterocycles. The Hall–Kier alpha value is -0.130. The number of hydrogen-bond acceptors (Lipinski definition) is 3. The van der Waals surface area contributed by atoms with Crippen molar-refractivity contribution in [2.45, 2.75) is 19.4 Å². The van der Waals surface area contributed by atoms with Gasteiger partial charge in [-0.2, -0.15) is 0 Å². The first-order chi connectivity index (χ1) is 6.67. The number of anilines is 1. The van der Waals surface area contributed by atoms with Gasteiger partial charge < -0.3 is 10.4 Å². The molecule has 0 aromatic carbocycles. The van der Waals surface area contributed by atoms with E-state index in [1.165, 1.54) is 0 Å². The number of pyridine rings is 1. The van der Waals surface area contributed by atoms with Crippen LogP contribution >= 0.6 is 31.9 Å². The van der Waals surface area contributed by atoms with Crippen molar-refractivity contribution in [3.05, 3.63) is 21.3 Å². The van der Waals surface area contributed by atoms with Gasteiger partial charge in [0.2, 0.25) is 0 Å². The number of aliphatic hydroxyl groups is 1. The van der Waals surface area contributed by atoms with Crippen LogP contribution in [-0.2, 0) is 0 Å². The van der Waals surface area contributed by atoms with Crippen molar-refractivity contribution < 1.29 is 5.11 Å². The average molecular weight is 324 g/mol. The molecule has 0 fully saturated rings. The fourth-order valence-electron chi connectivity index (χ4n) is 1.02. The molecule has 1 aromatic rings. The van der Waals surface area contributed by atoms with Crippen molar-refractivity contribution >= 4 is 37.5 Å². The van der Waals surface area contributed by atoms with Crippen LogP contribution in [0.5, 0.6) is 0 Å². The third kappa shape index (κ3) is 3.22. The quantitative estimate of drug-likeness (QED) is 0.837. The molecule has 5 heteroatoms. The Balaban J connectivity index is 2.79. The van der Waals surface area contributed by atoms with Gasteiger partial charge in [-0.25, -0.2) is 4.98 Å². The minimum atomic E-state index is 0.0717. The first-order valence-corrected chi connectivity index (χ1v) is 5.94. The van der Waals surface area contributed by atoms with Crippen molar-refractivity contribution in [1.82, 2.24) is 4.98 Å². The van der Waals surface area contributed by atoms with E-state index in [0.29, 0.717) is 0 Å². The van der Waals surface area contributed by atoms with Crippen LogP contribution in [0.2, 0.25) is 0 Å². The third-order valence-electron chi connectivity index (χ3n) is 1.88. The van der Waals surface area contributed by atoms with Crippen molar-refractivity contribution in [3.63, 3.8) is 0 Å². The highest BCUT2D eigenvalue weighted by atomic mass is 79.9. The number of rotatable bonds is 4. The summed E-state index contributed by atoms with van der Waals surface area (Å²) in [5.74, 6) is 0. The van der Waals surface area contributed by atoms with Crippen LogP contribution in [0, 0.1) is 0 Å². The Morgan fingerprint density at radius 3 is 2.86 bits per heavy atom. The molecular formula is C9H12Br2N2O. The second-order valence-corrected chi connectivity index (χ2v) is 4.59.